The van der Waals surface area contributed by atoms with Gasteiger partial charge in [-0.25, -0.2) is 0 Å². The highest BCUT2D eigenvalue weighted by Gasteiger charge is 2.14. The molecule has 0 bridgehead atoms. The molecule has 0 unspecified atom stereocenters. The minimum atomic E-state index is 0.700. The molecule has 1 heterocycles. The van der Waals surface area contributed by atoms with E-state index in [-0.39, 0.29) is 0 Å². The first-order valence-corrected chi connectivity index (χ1v) is 9.20. The first kappa shape index (κ1) is 17.3. The second kappa shape index (κ2) is 8.51. The van der Waals surface area contributed by atoms with Crippen molar-refractivity contribution in [3.63, 3.8) is 0 Å². The maximum atomic E-state index is 5.79. The summed E-state index contributed by atoms with van der Waals surface area (Å²) in [4.78, 5) is 4.96. The first-order chi connectivity index (χ1) is 10.1. The molecule has 5 heteroatoms. The van der Waals surface area contributed by atoms with Crippen molar-refractivity contribution in [1.29, 1.82) is 0 Å². The van der Waals surface area contributed by atoms with Crippen molar-refractivity contribution < 1.29 is 4.74 Å². The molecule has 1 fully saturated rings. The van der Waals surface area contributed by atoms with E-state index in [1.165, 1.54) is 44.7 Å². The third-order valence-corrected chi connectivity index (χ3v) is 4.94. The van der Waals surface area contributed by atoms with Crippen LogP contribution in [-0.2, 0) is 6.42 Å². The van der Waals surface area contributed by atoms with Crippen molar-refractivity contribution in [2.45, 2.75) is 19.8 Å². The van der Waals surface area contributed by atoms with E-state index in [9.17, 15) is 0 Å². The highest BCUT2D eigenvalue weighted by Crippen LogP contribution is 2.33. The van der Waals surface area contributed by atoms with Gasteiger partial charge in [-0.1, -0.05) is 15.9 Å². The number of halogens is 2. The summed E-state index contributed by atoms with van der Waals surface area (Å²) < 4.78 is 7.93. The normalized spacial score (nSPS) is 17.1. The van der Waals surface area contributed by atoms with E-state index in [0.29, 0.717) is 6.61 Å². The Morgan fingerprint density at radius 3 is 2.52 bits per heavy atom. The number of rotatable bonds is 6. The second-order valence-corrected chi connectivity index (χ2v) is 7.33. The predicted molar refractivity (Wildman–Crippen MR) is 95.3 cm³/mol. The fourth-order valence-electron chi connectivity index (χ4n) is 2.67. The van der Waals surface area contributed by atoms with Crippen LogP contribution in [0.15, 0.2) is 21.1 Å². The van der Waals surface area contributed by atoms with E-state index in [4.69, 9.17) is 4.74 Å². The van der Waals surface area contributed by atoms with E-state index < -0.39 is 0 Å². The van der Waals surface area contributed by atoms with Crippen LogP contribution in [0.5, 0.6) is 5.75 Å². The highest BCUT2D eigenvalue weighted by atomic mass is 79.9. The molecule has 0 aromatic heterocycles. The van der Waals surface area contributed by atoms with Crippen LogP contribution in [0.3, 0.4) is 0 Å². The Bertz CT molecular complexity index is 460. The van der Waals surface area contributed by atoms with Gasteiger partial charge in [0.15, 0.2) is 0 Å². The molecule has 0 aliphatic carbocycles. The molecule has 0 atom stereocenters. The van der Waals surface area contributed by atoms with Crippen LogP contribution in [0.1, 0.15) is 18.9 Å². The minimum Gasteiger partial charge on any atom is -0.492 e. The third-order valence-electron chi connectivity index (χ3n) is 3.89. The van der Waals surface area contributed by atoms with Gasteiger partial charge in [-0.2, -0.15) is 0 Å². The zero-order chi connectivity index (χ0) is 15.2. The fourth-order valence-corrected chi connectivity index (χ4v) is 4.10. The largest absolute Gasteiger partial charge is 0.492 e. The molecular formula is C16H24Br2N2O. The van der Waals surface area contributed by atoms with Gasteiger partial charge in [0, 0.05) is 30.7 Å². The molecular weight excluding hydrogens is 396 g/mol. The standard InChI is InChI=1S/C16H24Br2N2O/c1-3-21-16-13(11-14(17)12-15(16)18)5-4-6-20-9-7-19(2)8-10-20/h11-12H,3-10H2,1-2H3. The summed E-state index contributed by atoms with van der Waals surface area (Å²) in [5.41, 5.74) is 1.28. The van der Waals surface area contributed by atoms with Gasteiger partial charge < -0.3 is 14.5 Å². The average Bonchev–Trinajstić information content (AvgIpc) is 2.44. The monoisotopic (exact) mass is 418 g/mol. The topological polar surface area (TPSA) is 15.7 Å². The molecule has 21 heavy (non-hydrogen) atoms. The van der Waals surface area contributed by atoms with Gasteiger partial charge >= 0.3 is 0 Å². The molecule has 0 amide bonds. The predicted octanol–water partition coefficient (Wildman–Crippen LogP) is 3.79. The van der Waals surface area contributed by atoms with Crippen LogP contribution in [0.25, 0.3) is 0 Å². The van der Waals surface area contributed by atoms with Crippen LogP contribution in [0.4, 0.5) is 0 Å². The molecule has 0 radical (unpaired) electrons. The summed E-state index contributed by atoms with van der Waals surface area (Å²) in [6, 6.07) is 4.23. The van der Waals surface area contributed by atoms with Gasteiger partial charge in [-0.05, 0) is 67.0 Å². The Hall–Kier alpha value is -0.100. The van der Waals surface area contributed by atoms with Gasteiger partial charge in [0.25, 0.3) is 0 Å². The Morgan fingerprint density at radius 1 is 1.14 bits per heavy atom. The summed E-state index contributed by atoms with van der Waals surface area (Å²) >= 11 is 7.18. The Kier molecular flexibility index (Phi) is 6.99. The summed E-state index contributed by atoms with van der Waals surface area (Å²) in [7, 11) is 2.20. The van der Waals surface area contributed by atoms with Gasteiger partial charge in [0.1, 0.15) is 5.75 Å². The lowest BCUT2D eigenvalue weighted by atomic mass is 10.1. The zero-order valence-electron chi connectivity index (χ0n) is 12.9. The summed E-state index contributed by atoms with van der Waals surface area (Å²) in [5.74, 6) is 0.999. The fraction of sp³-hybridized carbons (Fsp3) is 0.625. The number of piperazine rings is 1. The Labute approximate surface area is 144 Å². The van der Waals surface area contributed by atoms with Gasteiger partial charge in [0.05, 0.1) is 11.1 Å². The smallest absolute Gasteiger partial charge is 0.136 e. The van der Waals surface area contributed by atoms with Crippen LogP contribution >= 0.6 is 31.9 Å². The number of hydrogen-bond donors (Lipinski definition) is 0. The second-order valence-electron chi connectivity index (χ2n) is 5.56. The minimum absolute atomic E-state index is 0.700. The lowest BCUT2D eigenvalue weighted by Gasteiger charge is -2.32. The van der Waals surface area contributed by atoms with E-state index in [0.717, 1.165) is 21.1 Å². The molecule has 2 rings (SSSR count). The quantitative estimate of drug-likeness (QED) is 0.697. The Balaban J connectivity index is 1.90. The molecule has 0 saturated carbocycles. The lowest BCUT2D eigenvalue weighted by Crippen LogP contribution is -2.44. The van der Waals surface area contributed by atoms with Crippen molar-refractivity contribution in [3.05, 3.63) is 26.6 Å². The van der Waals surface area contributed by atoms with Gasteiger partial charge in [0.2, 0.25) is 0 Å². The SMILES string of the molecule is CCOc1c(Br)cc(Br)cc1CCCN1CCN(C)CC1. The zero-order valence-corrected chi connectivity index (χ0v) is 16.0. The number of aryl methyl sites for hydroxylation is 1. The molecule has 1 aliphatic heterocycles. The van der Waals surface area contributed by atoms with Gasteiger partial charge in [-0.15, -0.1) is 0 Å². The number of ether oxygens (including phenoxy) is 1. The van der Waals surface area contributed by atoms with Crippen molar-refractivity contribution in [2.75, 3.05) is 46.4 Å². The van der Waals surface area contributed by atoms with Crippen LogP contribution in [0, 0.1) is 0 Å². The molecule has 1 aromatic rings. The van der Waals surface area contributed by atoms with Gasteiger partial charge in [-0.3, -0.25) is 0 Å². The summed E-state index contributed by atoms with van der Waals surface area (Å²) in [5, 5.41) is 0. The van der Waals surface area contributed by atoms with E-state index >= 15 is 0 Å². The molecule has 0 N–H and O–H groups in total. The van der Waals surface area contributed by atoms with E-state index in [2.05, 4.69) is 60.8 Å². The maximum absolute atomic E-state index is 5.79. The molecule has 118 valence electrons. The lowest BCUT2D eigenvalue weighted by molar-refractivity contribution is 0.153. The number of benzene rings is 1. The molecule has 1 aromatic carbocycles. The maximum Gasteiger partial charge on any atom is 0.136 e. The average molecular weight is 420 g/mol. The van der Waals surface area contributed by atoms with Crippen molar-refractivity contribution >= 4 is 31.9 Å². The Morgan fingerprint density at radius 2 is 1.86 bits per heavy atom. The molecule has 1 aliphatic rings. The van der Waals surface area contributed by atoms with Crippen molar-refractivity contribution in [3.8, 4) is 5.75 Å². The van der Waals surface area contributed by atoms with Crippen LogP contribution in [-0.4, -0.2) is 56.2 Å². The molecule has 1 saturated heterocycles. The number of hydrogen-bond acceptors (Lipinski definition) is 3. The van der Waals surface area contributed by atoms with Crippen LogP contribution < -0.4 is 4.74 Å². The van der Waals surface area contributed by atoms with E-state index in [1.807, 2.05) is 6.92 Å². The summed E-state index contributed by atoms with van der Waals surface area (Å²) in [6.07, 6.45) is 2.23. The highest BCUT2D eigenvalue weighted by molar-refractivity contribution is 9.11. The summed E-state index contributed by atoms with van der Waals surface area (Å²) in [6.45, 7) is 8.66. The van der Waals surface area contributed by atoms with Crippen LogP contribution in [0.2, 0.25) is 0 Å². The van der Waals surface area contributed by atoms with E-state index in [1.54, 1.807) is 0 Å². The van der Waals surface area contributed by atoms with Crippen molar-refractivity contribution in [1.82, 2.24) is 9.80 Å². The van der Waals surface area contributed by atoms with Crippen molar-refractivity contribution in [2.24, 2.45) is 0 Å². The first-order valence-electron chi connectivity index (χ1n) is 7.61. The molecule has 3 nitrogen and oxygen atoms in total. The number of nitrogens with zero attached hydrogens (tertiary/aromatic N) is 2. The third kappa shape index (κ3) is 5.23. The number of likely N-dealkylation sites (N-methyl/N-ethyl adjacent to an activating group) is 1. The molecule has 0 spiro atoms.